The Labute approximate surface area is 205 Å². The van der Waals surface area contributed by atoms with Crippen LogP contribution in [0.2, 0.25) is 0 Å². The lowest BCUT2D eigenvalue weighted by molar-refractivity contribution is -0.136. The van der Waals surface area contributed by atoms with E-state index in [4.69, 9.17) is 19.3 Å². The van der Waals surface area contributed by atoms with Gasteiger partial charge in [0.05, 0.1) is 33.9 Å². The fourth-order valence-electron chi connectivity index (χ4n) is 5.31. The van der Waals surface area contributed by atoms with Gasteiger partial charge in [0.15, 0.2) is 11.5 Å². The summed E-state index contributed by atoms with van der Waals surface area (Å²) in [7, 11) is 4.67. The van der Waals surface area contributed by atoms with E-state index < -0.39 is 12.1 Å². The number of aromatic nitrogens is 1. The summed E-state index contributed by atoms with van der Waals surface area (Å²) in [5, 5.41) is 20.8. The predicted molar refractivity (Wildman–Crippen MR) is 132 cm³/mol. The number of carboxylic acid groups (broad SMARTS) is 1. The number of hydrogen-bond acceptors (Lipinski definition) is 5. The van der Waals surface area contributed by atoms with Crippen molar-refractivity contribution in [3.05, 3.63) is 77.1 Å². The largest absolute Gasteiger partial charge is 0.493 e. The number of aliphatic carboxylic acids is 1. The molecule has 0 bridgehead atoms. The topological polar surface area (TPSA) is 90.2 Å². The van der Waals surface area contributed by atoms with Gasteiger partial charge in [-0.2, -0.15) is 0 Å². The van der Waals surface area contributed by atoms with Crippen molar-refractivity contribution in [2.45, 2.75) is 38.3 Å². The summed E-state index contributed by atoms with van der Waals surface area (Å²) in [5.74, 6) is 0.852. The molecule has 0 spiro atoms. The van der Waals surface area contributed by atoms with Gasteiger partial charge in [0.1, 0.15) is 0 Å². The number of ether oxygens (including phenoxy) is 3. The van der Waals surface area contributed by atoms with E-state index in [1.807, 2.05) is 29.1 Å². The smallest absolute Gasteiger partial charge is 0.307 e. The summed E-state index contributed by atoms with van der Waals surface area (Å²) in [6.45, 7) is 0.547. The second kappa shape index (κ2) is 10.9. The molecule has 1 heterocycles. The zero-order chi connectivity index (χ0) is 24.9. The number of hydrogen-bond donors (Lipinski definition) is 2. The Morgan fingerprint density at radius 2 is 1.69 bits per heavy atom. The molecule has 0 amide bonds. The third kappa shape index (κ3) is 5.46. The SMILES string of the molecule is COc1ccc([C@@H](O)[C@@H](CC2Cc3ccccc3C2)Cn2ccc(CC(=O)O)c2)c(OC)c1OC. The highest BCUT2D eigenvalue weighted by molar-refractivity contribution is 5.70. The van der Waals surface area contributed by atoms with Gasteiger partial charge in [0.2, 0.25) is 5.75 Å². The van der Waals surface area contributed by atoms with Crippen LogP contribution in [-0.4, -0.2) is 42.1 Å². The second-order valence-corrected chi connectivity index (χ2v) is 9.19. The quantitative estimate of drug-likeness (QED) is 0.426. The first kappa shape index (κ1) is 24.7. The lowest BCUT2D eigenvalue weighted by Crippen LogP contribution is -2.22. The van der Waals surface area contributed by atoms with E-state index in [9.17, 15) is 9.90 Å². The van der Waals surface area contributed by atoms with Crippen LogP contribution < -0.4 is 14.2 Å². The highest BCUT2D eigenvalue weighted by Crippen LogP contribution is 2.45. The maximum Gasteiger partial charge on any atom is 0.307 e. The molecule has 1 aliphatic rings. The molecule has 186 valence electrons. The first-order chi connectivity index (χ1) is 16.9. The number of carboxylic acids is 1. The van der Waals surface area contributed by atoms with Gasteiger partial charge in [-0.1, -0.05) is 24.3 Å². The average molecular weight is 480 g/mol. The van der Waals surface area contributed by atoms with Crippen molar-refractivity contribution in [2.24, 2.45) is 11.8 Å². The van der Waals surface area contributed by atoms with Crippen LogP contribution in [0.3, 0.4) is 0 Å². The van der Waals surface area contributed by atoms with Crippen LogP contribution in [0.4, 0.5) is 0 Å². The van der Waals surface area contributed by atoms with Gasteiger partial charge in [-0.15, -0.1) is 0 Å². The first-order valence-electron chi connectivity index (χ1n) is 11.8. The Hall–Kier alpha value is -3.45. The van der Waals surface area contributed by atoms with Crippen LogP contribution in [0.15, 0.2) is 54.9 Å². The van der Waals surface area contributed by atoms with Gasteiger partial charge < -0.3 is 29.0 Å². The second-order valence-electron chi connectivity index (χ2n) is 9.19. The van der Waals surface area contributed by atoms with Crippen molar-refractivity contribution in [3.8, 4) is 17.2 Å². The van der Waals surface area contributed by atoms with Crippen LogP contribution in [0.25, 0.3) is 0 Å². The maximum atomic E-state index is 11.7. The summed E-state index contributed by atoms with van der Waals surface area (Å²) in [6.07, 6.45) is 5.66. The van der Waals surface area contributed by atoms with Crippen molar-refractivity contribution >= 4 is 5.97 Å². The van der Waals surface area contributed by atoms with Crippen molar-refractivity contribution in [1.82, 2.24) is 4.57 Å². The lowest BCUT2D eigenvalue weighted by atomic mass is 9.85. The van der Waals surface area contributed by atoms with Gasteiger partial charge in [0, 0.05) is 30.4 Å². The minimum absolute atomic E-state index is 0.0261. The van der Waals surface area contributed by atoms with Crippen LogP contribution >= 0.6 is 0 Å². The molecule has 7 nitrogen and oxygen atoms in total. The molecule has 2 N–H and O–H groups in total. The molecule has 0 aliphatic heterocycles. The minimum atomic E-state index is -0.863. The normalized spacial score (nSPS) is 14.9. The standard InChI is InChI=1S/C28H33NO6/c1-33-24-9-8-23(27(34-2)28(24)35-3)26(32)22(17-29-11-10-18(16-29)15-25(30)31)14-19-12-20-6-4-5-7-21(20)13-19/h4-11,16,19,22,26,32H,12-15,17H2,1-3H3,(H,30,31)/t22-,26-/m0/s1. The minimum Gasteiger partial charge on any atom is -0.493 e. The summed E-state index contributed by atoms with van der Waals surface area (Å²) in [4.78, 5) is 11.1. The fourth-order valence-corrected chi connectivity index (χ4v) is 5.31. The number of carbonyl (C=O) groups is 1. The zero-order valence-corrected chi connectivity index (χ0v) is 20.4. The van der Waals surface area contributed by atoms with Gasteiger partial charge in [0.25, 0.3) is 0 Å². The Morgan fingerprint density at radius 3 is 2.29 bits per heavy atom. The molecular weight excluding hydrogens is 446 g/mol. The molecule has 2 aromatic carbocycles. The molecule has 7 heteroatoms. The average Bonchev–Trinajstić information content (AvgIpc) is 3.47. The van der Waals surface area contributed by atoms with E-state index >= 15 is 0 Å². The van der Waals surface area contributed by atoms with Gasteiger partial charge >= 0.3 is 5.97 Å². The molecule has 3 aromatic rings. The van der Waals surface area contributed by atoms with E-state index in [1.165, 1.54) is 11.1 Å². The molecule has 0 radical (unpaired) electrons. The monoisotopic (exact) mass is 479 g/mol. The zero-order valence-electron chi connectivity index (χ0n) is 20.4. The van der Waals surface area contributed by atoms with Gasteiger partial charge in [-0.3, -0.25) is 4.79 Å². The van der Waals surface area contributed by atoms with E-state index in [0.717, 1.165) is 24.8 Å². The third-order valence-electron chi connectivity index (χ3n) is 6.88. The fraction of sp³-hybridized carbons (Fsp3) is 0.393. The Morgan fingerprint density at radius 1 is 1.00 bits per heavy atom. The number of nitrogens with zero attached hydrogens (tertiary/aromatic N) is 1. The number of fused-ring (bicyclic) bond motifs is 1. The highest BCUT2D eigenvalue weighted by atomic mass is 16.5. The molecule has 1 aliphatic carbocycles. The van der Waals surface area contributed by atoms with Crippen LogP contribution in [0, 0.1) is 11.8 Å². The van der Waals surface area contributed by atoms with Crippen molar-refractivity contribution in [1.29, 1.82) is 0 Å². The lowest BCUT2D eigenvalue weighted by Gasteiger charge is -2.28. The number of aliphatic hydroxyl groups is 1. The molecule has 2 atom stereocenters. The van der Waals surface area contributed by atoms with Gasteiger partial charge in [-0.05, 0) is 60.1 Å². The van der Waals surface area contributed by atoms with Crippen molar-refractivity contribution in [2.75, 3.05) is 21.3 Å². The van der Waals surface area contributed by atoms with Crippen molar-refractivity contribution in [3.63, 3.8) is 0 Å². The number of rotatable bonds is 11. The summed E-state index contributed by atoms with van der Waals surface area (Å²) in [6, 6.07) is 13.9. The Balaban J connectivity index is 1.63. The summed E-state index contributed by atoms with van der Waals surface area (Å²) >= 11 is 0. The van der Waals surface area contributed by atoms with Crippen molar-refractivity contribution < 1.29 is 29.2 Å². The molecule has 4 rings (SSSR count). The van der Waals surface area contributed by atoms with E-state index in [-0.39, 0.29) is 12.3 Å². The molecule has 0 fully saturated rings. The van der Waals surface area contributed by atoms with E-state index in [1.54, 1.807) is 27.4 Å². The molecular formula is C28H33NO6. The van der Waals surface area contributed by atoms with E-state index in [0.29, 0.717) is 35.3 Å². The molecule has 35 heavy (non-hydrogen) atoms. The molecule has 1 aromatic heterocycles. The summed E-state index contributed by atoms with van der Waals surface area (Å²) in [5.41, 5.74) is 4.13. The summed E-state index contributed by atoms with van der Waals surface area (Å²) < 4.78 is 18.6. The number of aliphatic hydroxyl groups excluding tert-OH is 1. The van der Waals surface area contributed by atoms with Gasteiger partial charge in [-0.25, -0.2) is 0 Å². The third-order valence-corrected chi connectivity index (χ3v) is 6.88. The Bertz CT molecular complexity index is 1150. The van der Waals surface area contributed by atoms with Crippen LogP contribution in [0.5, 0.6) is 17.2 Å². The number of methoxy groups -OCH3 is 3. The molecule has 0 unspecified atom stereocenters. The van der Waals surface area contributed by atoms with Crippen LogP contribution in [0.1, 0.15) is 34.8 Å². The maximum absolute atomic E-state index is 11.7. The predicted octanol–water partition coefficient (Wildman–Crippen LogP) is 4.30. The number of benzene rings is 2. The van der Waals surface area contributed by atoms with Crippen LogP contribution in [-0.2, 0) is 30.6 Å². The molecule has 0 saturated heterocycles. The first-order valence-corrected chi connectivity index (χ1v) is 11.8. The molecule has 0 saturated carbocycles. The van der Waals surface area contributed by atoms with E-state index in [2.05, 4.69) is 24.3 Å². The Kier molecular flexibility index (Phi) is 7.66. The highest BCUT2D eigenvalue weighted by Gasteiger charge is 2.31.